The van der Waals surface area contributed by atoms with Crippen LogP contribution in [0.3, 0.4) is 0 Å². The number of hydrogen-bond donors (Lipinski definition) is 1. The predicted octanol–water partition coefficient (Wildman–Crippen LogP) is 6.15. The number of urea groups is 1. The lowest BCUT2D eigenvalue weighted by Gasteiger charge is -2.35. The van der Waals surface area contributed by atoms with Crippen LogP contribution >= 0.6 is 0 Å². The van der Waals surface area contributed by atoms with Crippen LogP contribution in [0.25, 0.3) is 17.0 Å². The number of nitrogens with one attached hydrogen (secondary N) is 1. The van der Waals surface area contributed by atoms with Gasteiger partial charge in [-0.15, -0.1) is 0 Å². The average Bonchev–Trinajstić information content (AvgIpc) is 3.39. The number of benzene rings is 3. The number of aromatic nitrogens is 2. The van der Waals surface area contributed by atoms with Crippen LogP contribution < -0.4 is 19.7 Å². The smallest absolute Gasteiger partial charge is 0.326 e. The molecule has 1 N–H and O–H groups in total. The quantitative estimate of drug-likeness (QED) is 0.330. The third kappa shape index (κ3) is 4.78. The number of allylic oxidation sites excluding steroid dienone is 1. The molecule has 4 aromatic rings. The summed E-state index contributed by atoms with van der Waals surface area (Å²) in [6.45, 7) is 6.41. The summed E-state index contributed by atoms with van der Waals surface area (Å²) in [7, 11) is 1.62. The van der Waals surface area contributed by atoms with Gasteiger partial charge in [0.15, 0.2) is 0 Å². The van der Waals surface area contributed by atoms with Gasteiger partial charge in [0.05, 0.1) is 31.0 Å². The first-order valence-electron chi connectivity index (χ1n) is 12.1. The molecule has 1 atom stereocenters. The molecular formula is C29H28N4O4. The lowest BCUT2D eigenvalue weighted by molar-refractivity contribution is 0.244. The number of hydrogen-bond acceptors (Lipinski definition) is 6. The molecule has 0 saturated heterocycles. The summed E-state index contributed by atoms with van der Waals surface area (Å²) in [5.41, 5.74) is 4.90. The second-order valence-electron chi connectivity index (χ2n) is 8.71. The summed E-state index contributed by atoms with van der Waals surface area (Å²) in [6, 6.07) is 22.2. The average molecular weight is 497 g/mol. The molecule has 188 valence electrons. The van der Waals surface area contributed by atoms with Crippen LogP contribution in [0.2, 0.25) is 0 Å². The summed E-state index contributed by atoms with van der Waals surface area (Å²) in [5, 5.41) is 7.38. The Morgan fingerprint density at radius 1 is 1.00 bits per heavy atom. The third-order valence-corrected chi connectivity index (χ3v) is 6.27. The van der Waals surface area contributed by atoms with Crippen molar-refractivity contribution < 1.29 is 18.8 Å². The van der Waals surface area contributed by atoms with E-state index in [1.165, 1.54) is 0 Å². The van der Waals surface area contributed by atoms with Crippen LogP contribution in [0.1, 0.15) is 36.9 Å². The van der Waals surface area contributed by atoms with Gasteiger partial charge >= 0.3 is 6.03 Å². The number of aryl methyl sites for hydroxylation is 1. The number of amides is 2. The third-order valence-electron chi connectivity index (χ3n) is 6.27. The predicted molar refractivity (Wildman–Crippen MR) is 141 cm³/mol. The van der Waals surface area contributed by atoms with Gasteiger partial charge in [-0.3, -0.25) is 4.90 Å². The maximum absolute atomic E-state index is 13.4. The Hall–Kier alpha value is -4.59. The number of rotatable bonds is 7. The van der Waals surface area contributed by atoms with Crippen molar-refractivity contribution in [2.75, 3.05) is 18.6 Å². The standard InChI is InChI=1S/C29H28N4O4/c1-5-36-24-15-9-20(10-16-24)26-25(19(3)33(29(34)30-26)22-8-6-7-18(2)17-22)28-31-27(32-37-28)21-11-13-23(35-4)14-12-21/h6-17,26H,5H2,1-4H3,(H,30,34). The van der Waals surface area contributed by atoms with Crippen molar-refractivity contribution in [1.82, 2.24) is 15.5 Å². The molecule has 2 heterocycles. The summed E-state index contributed by atoms with van der Waals surface area (Å²) >= 11 is 0. The SMILES string of the molecule is CCOc1ccc(C2NC(=O)N(c3cccc(C)c3)C(C)=C2c2nc(-c3ccc(OC)cc3)no2)cc1. The molecule has 1 aromatic heterocycles. The fourth-order valence-corrected chi connectivity index (χ4v) is 4.46. The first kappa shape index (κ1) is 24.1. The molecule has 1 aliphatic heterocycles. The van der Waals surface area contributed by atoms with E-state index in [1.54, 1.807) is 12.0 Å². The highest BCUT2D eigenvalue weighted by Gasteiger charge is 2.36. The Bertz CT molecular complexity index is 1440. The molecule has 0 spiro atoms. The first-order valence-corrected chi connectivity index (χ1v) is 12.1. The molecular weight excluding hydrogens is 468 g/mol. The molecule has 1 unspecified atom stereocenters. The Kier molecular flexibility index (Phi) is 6.64. The summed E-state index contributed by atoms with van der Waals surface area (Å²) in [4.78, 5) is 19.8. The fraction of sp³-hybridized carbons (Fsp3) is 0.207. The minimum Gasteiger partial charge on any atom is -0.497 e. The molecule has 1 aliphatic rings. The molecule has 3 aromatic carbocycles. The van der Waals surface area contributed by atoms with E-state index in [0.29, 0.717) is 24.0 Å². The van der Waals surface area contributed by atoms with E-state index >= 15 is 0 Å². The van der Waals surface area contributed by atoms with E-state index in [9.17, 15) is 4.79 Å². The van der Waals surface area contributed by atoms with E-state index < -0.39 is 6.04 Å². The highest BCUT2D eigenvalue weighted by atomic mass is 16.5. The van der Waals surface area contributed by atoms with Crippen molar-refractivity contribution in [2.24, 2.45) is 0 Å². The minimum atomic E-state index is -0.492. The molecule has 2 amide bonds. The maximum Gasteiger partial charge on any atom is 0.326 e. The first-order chi connectivity index (χ1) is 18.0. The van der Waals surface area contributed by atoms with Gasteiger partial charge in [0.1, 0.15) is 11.5 Å². The number of ether oxygens (including phenoxy) is 2. The molecule has 0 aliphatic carbocycles. The van der Waals surface area contributed by atoms with Crippen LogP contribution in [0, 0.1) is 6.92 Å². The van der Waals surface area contributed by atoms with Crippen LogP contribution in [0.5, 0.6) is 11.5 Å². The van der Waals surface area contributed by atoms with Crippen LogP contribution in [0.4, 0.5) is 10.5 Å². The molecule has 8 nitrogen and oxygen atoms in total. The van der Waals surface area contributed by atoms with Crippen molar-refractivity contribution in [3.63, 3.8) is 0 Å². The summed E-state index contributed by atoms with van der Waals surface area (Å²) < 4.78 is 16.6. The molecule has 0 radical (unpaired) electrons. The van der Waals surface area contributed by atoms with Crippen molar-refractivity contribution in [3.8, 4) is 22.9 Å². The number of carbonyl (C=O) groups excluding carboxylic acids is 1. The zero-order valence-corrected chi connectivity index (χ0v) is 21.2. The molecule has 5 rings (SSSR count). The Labute approximate surface area is 215 Å². The second-order valence-corrected chi connectivity index (χ2v) is 8.71. The molecule has 8 heteroatoms. The number of anilines is 1. The highest BCUT2D eigenvalue weighted by Crippen LogP contribution is 2.39. The molecule has 0 bridgehead atoms. The van der Waals surface area contributed by atoms with Crippen LogP contribution in [-0.2, 0) is 0 Å². The van der Waals surface area contributed by atoms with E-state index in [2.05, 4.69) is 10.5 Å². The van der Waals surface area contributed by atoms with Crippen molar-refractivity contribution in [3.05, 3.63) is 95.5 Å². The van der Waals surface area contributed by atoms with E-state index in [1.807, 2.05) is 93.6 Å². The minimum absolute atomic E-state index is 0.236. The van der Waals surface area contributed by atoms with Crippen molar-refractivity contribution >= 4 is 17.3 Å². The number of carbonyl (C=O) groups is 1. The second kappa shape index (κ2) is 10.2. The summed E-state index contributed by atoms with van der Waals surface area (Å²) in [5.74, 6) is 2.28. The van der Waals surface area contributed by atoms with E-state index in [4.69, 9.17) is 19.0 Å². The maximum atomic E-state index is 13.4. The lowest BCUT2D eigenvalue weighted by atomic mass is 9.94. The zero-order valence-electron chi connectivity index (χ0n) is 21.2. The summed E-state index contributed by atoms with van der Waals surface area (Å²) in [6.07, 6.45) is 0. The van der Waals surface area contributed by atoms with Gasteiger partial charge in [0, 0.05) is 11.3 Å². The van der Waals surface area contributed by atoms with Crippen molar-refractivity contribution in [2.45, 2.75) is 26.8 Å². The Balaban J connectivity index is 1.61. The molecule has 0 fully saturated rings. The number of methoxy groups -OCH3 is 1. The van der Waals surface area contributed by atoms with Gasteiger partial charge in [0.2, 0.25) is 5.82 Å². The van der Waals surface area contributed by atoms with Crippen molar-refractivity contribution in [1.29, 1.82) is 0 Å². The Morgan fingerprint density at radius 3 is 2.41 bits per heavy atom. The van der Waals surface area contributed by atoms with Gasteiger partial charge in [-0.2, -0.15) is 4.98 Å². The normalized spacial score (nSPS) is 15.5. The fourth-order valence-electron chi connectivity index (χ4n) is 4.46. The lowest BCUT2D eigenvalue weighted by Crippen LogP contribution is -2.46. The number of nitrogens with zero attached hydrogens (tertiary/aromatic N) is 3. The van der Waals surface area contributed by atoms with Gasteiger partial charge in [-0.25, -0.2) is 4.79 Å². The molecule has 37 heavy (non-hydrogen) atoms. The van der Waals surface area contributed by atoms with Crippen LogP contribution in [0.15, 0.2) is 83.0 Å². The highest BCUT2D eigenvalue weighted by molar-refractivity contribution is 6.01. The van der Waals surface area contributed by atoms with E-state index in [0.717, 1.165) is 39.4 Å². The Morgan fingerprint density at radius 2 is 1.73 bits per heavy atom. The monoisotopic (exact) mass is 496 g/mol. The largest absolute Gasteiger partial charge is 0.497 e. The topological polar surface area (TPSA) is 89.7 Å². The van der Waals surface area contributed by atoms with Gasteiger partial charge in [-0.05, 0) is 80.4 Å². The molecule has 0 saturated carbocycles. The van der Waals surface area contributed by atoms with Crippen LogP contribution in [-0.4, -0.2) is 29.9 Å². The van der Waals surface area contributed by atoms with Gasteiger partial charge in [-0.1, -0.05) is 29.4 Å². The van der Waals surface area contributed by atoms with Gasteiger partial charge in [0.25, 0.3) is 5.89 Å². The van der Waals surface area contributed by atoms with E-state index in [-0.39, 0.29) is 6.03 Å². The zero-order chi connectivity index (χ0) is 25.9. The van der Waals surface area contributed by atoms with Gasteiger partial charge < -0.3 is 19.3 Å².